The molecule has 2 aliphatic carbocycles. The van der Waals surface area contributed by atoms with Crippen molar-refractivity contribution in [1.82, 2.24) is 4.98 Å². The number of fused-ring (bicyclic) bond motifs is 12. The van der Waals surface area contributed by atoms with E-state index in [0.29, 0.717) is 0 Å². The summed E-state index contributed by atoms with van der Waals surface area (Å²) in [6, 6.07) is 67.0. The Morgan fingerprint density at radius 2 is 0.859 bits per heavy atom. The summed E-state index contributed by atoms with van der Waals surface area (Å²) in [7, 11) is 0. The molecule has 0 fully saturated rings. The van der Waals surface area contributed by atoms with Crippen molar-refractivity contribution >= 4 is 94.6 Å². The van der Waals surface area contributed by atoms with E-state index in [1.54, 1.807) is 0 Å². The quantitative estimate of drug-likeness (QED) is 0.161. The number of hydrogen-bond acceptors (Lipinski definition) is 1. The fraction of sp³-hybridized carbons (Fsp3) is 0.0317. The number of hydrogen-bond donors (Lipinski definition) is 0. The van der Waals surface area contributed by atoms with Gasteiger partial charge in [-0.25, -0.2) is 4.98 Å². The van der Waals surface area contributed by atoms with Crippen molar-refractivity contribution < 1.29 is 0 Å². The highest BCUT2D eigenvalue weighted by molar-refractivity contribution is 6.26. The smallest absolute Gasteiger partial charge is 0.0800 e. The second-order valence-electron chi connectivity index (χ2n) is 17.2. The van der Waals surface area contributed by atoms with E-state index in [-0.39, 0.29) is 0 Å². The van der Waals surface area contributed by atoms with Crippen LogP contribution < -0.4 is 10.4 Å². The van der Waals surface area contributed by atoms with Crippen molar-refractivity contribution in [2.75, 3.05) is 0 Å². The van der Waals surface area contributed by atoms with Gasteiger partial charge in [-0.2, -0.15) is 0 Å². The molecule has 0 N–H and O–H groups in total. The Morgan fingerprint density at radius 1 is 0.359 bits per heavy atom. The van der Waals surface area contributed by atoms with Crippen molar-refractivity contribution in [3.05, 3.63) is 227 Å². The Hall–Kier alpha value is -8.13. The zero-order valence-corrected chi connectivity index (χ0v) is 35.2. The van der Waals surface area contributed by atoms with Gasteiger partial charge in [0.05, 0.1) is 11.2 Å². The summed E-state index contributed by atoms with van der Waals surface area (Å²) < 4.78 is 0. The molecule has 10 aromatic carbocycles. The van der Waals surface area contributed by atoms with Crippen LogP contribution in [0.5, 0.6) is 0 Å². The molecule has 1 nitrogen and oxygen atoms in total. The molecule has 0 bridgehead atoms. The molecule has 0 amide bonds. The fourth-order valence-corrected chi connectivity index (χ4v) is 10.7. The fourth-order valence-electron chi connectivity index (χ4n) is 10.7. The second-order valence-corrected chi connectivity index (χ2v) is 17.2. The van der Waals surface area contributed by atoms with E-state index in [1.807, 2.05) is 0 Å². The molecule has 0 atom stereocenters. The van der Waals surface area contributed by atoms with E-state index in [2.05, 4.69) is 225 Å². The van der Waals surface area contributed by atoms with Crippen LogP contribution in [-0.2, 0) is 0 Å². The van der Waals surface area contributed by atoms with Crippen molar-refractivity contribution in [3.63, 3.8) is 0 Å². The van der Waals surface area contributed by atoms with E-state index < -0.39 is 0 Å². The number of pyridine rings is 1. The normalized spacial score (nSPS) is 13.4. The zero-order valence-electron chi connectivity index (χ0n) is 35.2. The first-order chi connectivity index (χ1) is 31.7. The number of aromatic nitrogens is 1. The van der Waals surface area contributed by atoms with Crippen LogP contribution in [0.3, 0.4) is 0 Å². The standard InChI is InChI=1S/C63H41N/c1-2-22-54-57(26-3-1)62(64-63-56-27-13-9-21-50(56)49-20-8-10-23-51(49)61(54)63)43-33-29-42(30-34-43)46-19-14-28-55-58(39-46)60(48-36-32-41-16-5-7-18-45(41)38-48)53-25-12-11-24-52(53)59(55)47-35-31-40-15-4-6-17-44(40)37-47/h2-13,15-39H,1,14H2. The third-order valence-electron chi connectivity index (χ3n) is 13.6. The van der Waals surface area contributed by atoms with Crippen LogP contribution in [0.1, 0.15) is 29.5 Å². The van der Waals surface area contributed by atoms with Gasteiger partial charge in [0, 0.05) is 21.9 Å². The van der Waals surface area contributed by atoms with Gasteiger partial charge in [-0.15, -0.1) is 0 Å². The minimum Gasteiger partial charge on any atom is -0.246 e. The Kier molecular flexibility index (Phi) is 8.42. The van der Waals surface area contributed by atoms with Gasteiger partial charge >= 0.3 is 0 Å². The lowest BCUT2D eigenvalue weighted by Gasteiger charge is -2.17. The highest BCUT2D eigenvalue weighted by Crippen LogP contribution is 2.42. The minimum atomic E-state index is 0.814. The van der Waals surface area contributed by atoms with Crippen molar-refractivity contribution in [1.29, 1.82) is 0 Å². The van der Waals surface area contributed by atoms with Crippen LogP contribution in [0.2, 0.25) is 0 Å². The molecule has 0 aliphatic heterocycles. The molecule has 11 aromatic rings. The molecule has 1 heteroatoms. The molecule has 1 aromatic heterocycles. The summed E-state index contributed by atoms with van der Waals surface area (Å²) in [5.74, 6) is 0. The van der Waals surface area contributed by atoms with Crippen molar-refractivity contribution in [2.45, 2.75) is 12.8 Å². The Labute approximate surface area is 371 Å². The molecule has 298 valence electrons. The maximum absolute atomic E-state index is 5.61. The molecule has 0 saturated heterocycles. The average Bonchev–Trinajstić information content (AvgIpc) is 3.75. The lowest BCUT2D eigenvalue weighted by molar-refractivity contribution is 1.39. The first kappa shape index (κ1) is 36.5. The molecule has 0 saturated carbocycles. The van der Waals surface area contributed by atoms with E-state index in [0.717, 1.165) is 29.6 Å². The summed E-state index contributed by atoms with van der Waals surface area (Å²) in [5, 5.41) is 16.2. The molecule has 64 heavy (non-hydrogen) atoms. The highest BCUT2D eigenvalue weighted by Gasteiger charge is 2.21. The second kappa shape index (κ2) is 14.8. The maximum atomic E-state index is 5.61. The van der Waals surface area contributed by atoms with Gasteiger partial charge in [0.2, 0.25) is 0 Å². The summed E-state index contributed by atoms with van der Waals surface area (Å²) in [4.78, 5) is 5.61. The summed E-state index contributed by atoms with van der Waals surface area (Å²) in [6.45, 7) is 0. The van der Waals surface area contributed by atoms with Gasteiger partial charge in [-0.05, 0) is 129 Å². The lowest BCUT2D eigenvalue weighted by atomic mass is 9.86. The number of rotatable bonds is 4. The predicted molar refractivity (Wildman–Crippen MR) is 275 cm³/mol. The first-order valence-electron chi connectivity index (χ1n) is 22.4. The molecule has 0 unspecified atom stereocenters. The van der Waals surface area contributed by atoms with E-state index in [9.17, 15) is 0 Å². The van der Waals surface area contributed by atoms with E-state index in [1.165, 1.54) is 114 Å². The van der Waals surface area contributed by atoms with Crippen LogP contribution >= 0.6 is 0 Å². The predicted octanol–water partition coefficient (Wildman–Crippen LogP) is 15.5. The number of benzene rings is 10. The SMILES string of the molecule is C1=Cc2c(-c3ccc(C4=CCC=c5c(-c6ccc7ccccc7c6)c6ccccc6c(-c6ccc7ccccc7c6)c5=C4)cc3)nc3c4ccccc4c4ccccc4c3c2C=CC1. The molecule has 0 radical (unpaired) electrons. The van der Waals surface area contributed by atoms with Gasteiger partial charge in [0.25, 0.3) is 0 Å². The monoisotopic (exact) mass is 811 g/mol. The lowest BCUT2D eigenvalue weighted by Crippen LogP contribution is -2.29. The topological polar surface area (TPSA) is 12.9 Å². The van der Waals surface area contributed by atoms with Crippen molar-refractivity contribution in [3.8, 4) is 33.5 Å². The van der Waals surface area contributed by atoms with Gasteiger partial charge < -0.3 is 0 Å². The summed E-state index contributed by atoms with van der Waals surface area (Å²) in [6.07, 6.45) is 18.2. The largest absolute Gasteiger partial charge is 0.246 e. The maximum Gasteiger partial charge on any atom is 0.0800 e. The molecule has 13 rings (SSSR count). The van der Waals surface area contributed by atoms with Gasteiger partial charge in [-0.1, -0.05) is 206 Å². The summed E-state index contributed by atoms with van der Waals surface area (Å²) in [5.41, 5.74) is 13.0. The van der Waals surface area contributed by atoms with Crippen LogP contribution in [0, 0.1) is 0 Å². The number of allylic oxidation sites excluding steroid dienone is 4. The van der Waals surface area contributed by atoms with Crippen molar-refractivity contribution in [2.24, 2.45) is 0 Å². The molecule has 0 spiro atoms. The molecule has 2 aliphatic rings. The molecular weight excluding hydrogens is 771 g/mol. The Morgan fingerprint density at radius 3 is 1.52 bits per heavy atom. The van der Waals surface area contributed by atoms with Crippen LogP contribution in [0.4, 0.5) is 0 Å². The zero-order chi connectivity index (χ0) is 42.1. The van der Waals surface area contributed by atoms with E-state index in [4.69, 9.17) is 4.98 Å². The first-order valence-corrected chi connectivity index (χ1v) is 22.4. The number of nitrogens with zero attached hydrogens (tertiary/aromatic N) is 1. The van der Waals surface area contributed by atoms with E-state index >= 15 is 0 Å². The summed E-state index contributed by atoms with van der Waals surface area (Å²) >= 11 is 0. The highest BCUT2D eigenvalue weighted by atomic mass is 14.7. The molecule has 1 heterocycles. The van der Waals surface area contributed by atoms with Crippen LogP contribution in [0.25, 0.3) is 128 Å². The Balaban J connectivity index is 1.02. The average molecular weight is 812 g/mol. The van der Waals surface area contributed by atoms with Crippen LogP contribution in [-0.4, -0.2) is 4.98 Å². The van der Waals surface area contributed by atoms with Gasteiger partial charge in [-0.3, -0.25) is 0 Å². The third kappa shape index (κ3) is 5.82. The minimum absolute atomic E-state index is 0.814. The molecular formula is C63H41N. The van der Waals surface area contributed by atoms with Gasteiger partial charge in [0.1, 0.15) is 0 Å². The Bertz CT molecular complexity index is 3990. The van der Waals surface area contributed by atoms with Gasteiger partial charge in [0.15, 0.2) is 0 Å². The van der Waals surface area contributed by atoms with Crippen LogP contribution in [0.15, 0.2) is 200 Å². The third-order valence-corrected chi connectivity index (χ3v) is 13.6.